The number of nitrogens with one attached hydrogen (secondary N) is 1. The fourth-order valence-corrected chi connectivity index (χ4v) is 1.52. The molecule has 1 aromatic carbocycles. The molecule has 1 aromatic heterocycles. The van der Waals surface area contributed by atoms with Gasteiger partial charge in [-0.05, 0) is 19.4 Å². The molecule has 5 heteroatoms. The maximum Gasteiger partial charge on any atom is 0.318 e. The second-order valence-corrected chi connectivity index (χ2v) is 4.42. The zero-order valence-corrected chi connectivity index (χ0v) is 10.9. The number of halogens is 1. The monoisotopic (exact) mass is 261 g/mol. The lowest BCUT2D eigenvalue weighted by atomic mass is 10.2. The number of ether oxygens (including phenoxy) is 1. The highest BCUT2D eigenvalue weighted by atomic mass is 19.1. The van der Waals surface area contributed by atoms with Crippen LogP contribution in [0.2, 0.25) is 0 Å². The molecule has 0 fully saturated rings. The van der Waals surface area contributed by atoms with Gasteiger partial charge in [-0.1, -0.05) is 30.3 Å². The number of hydrogen-bond acceptors (Lipinski definition) is 4. The molecule has 1 N–H and O–H groups in total. The van der Waals surface area contributed by atoms with Crippen LogP contribution in [0.15, 0.2) is 36.5 Å². The van der Waals surface area contributed by atoms with E-state index >= 15 is 0 Å². The van der Waals surface area contributed by atoms with Crippen molar-refractivity contribution in [3.8, 4) is 6.01 Å². The van der Waals surface area contributed by atoms with Crippen molar-refractivity contribution >= 4 is 5.82 Å². The first-order valence-corrected chi connectivity index (χ1v) is 6.11. The summed E-state index contributed by atoms with van der Waals surface area (Å²) in [5.41, 5.74) is 1.01. The van der Waals surface area contributed by atoms with Crippen LogP contribution in [-0.2, 0) is 6.61 Å². The average molecular weight is 261 g/mol. The minimum Gasteiger partial charge on any atom is -0.459 e. The minimum absolute atomic E-state index is 0.0892. The van der Waals surface area contributed by atoms with Crippen molar-refractivity contribution in [2.24, 2.45) is 0 Å². The SMILES string of the molecule is CC(C)Nc1nc(OCc2ccccc2)ncc1F. The van der Waals surface area contributed by atoms with Gasteiger partial charge in [0.2, 0.25) is 0 Å². The summed E-state index contributed by atoms with van der Waals surface area (Å²) >= 11 is 0. The van der Waals surface area contributed by atoms with E-state index in [1.165, 1.54) is 0 Å². The first-order chi connectivity index (χ1) is 9.15. The van der Waals surface area contributed by atoms with E-state index in [2.05, 4.69) is 15.3 Å². The lowest BCUT2D eigenvalue weighted by Crippen LogP contribution is -2.13. The normalized spacial score (nSPS) is 10.5. The van der Waals surface area contributed by atoms with Gasteiger partial charge in [-0.2, -0.15) is 4.98 Å². The summed E-state index contributed by atoms with van der Waals surface area (Å²) in [5, 5.41) is 2.91. The molecule has 0 atom stereocenters. The van der Waals surface area contributed by atoms with Crippen molar-refractivity contribution in [3.63, 3.8) is 0 Å². The van der Waals surface area contributed by atoms with Gasteiger partial charge in [0.25, 0.3) is 0 Å². The molecule has 0 saturated carbocycles. The van der Waals surface area contributed by atoms with Gasteiger partial charge >= 0.3 is 6.01 Å². The van der Waals surface area contributed by atoms with E-state index in [1.807, 2.05) is 44.2 Å². The highest BCUT2D eigenvalue weighted by molar-refractivity contribution is 5.36. The lowest BCUT2D eigenvalue weighted by molar-refractivity contribution is 0.280. The van der Waals surface area contributed by atoms with Crippen LogP contribution in [0.4, 0.5) is 10.2 Å². The fraction of sp³-hybridized carbons (Fsp3) is 0.286. The molecule has 0 aliphatic heterocycles. The Morgan fingerprint density at radius 1 is 1.26 bits per heavy atom. The van der Waals surface area contributed by atoms with Gasteiger partial charge in [0.15, 0.2) is 11.6 Å². The van der Waals surface area contributed by atoms with E-state index in [4.69, 9.17) is 4.74 Å². The second-order valence-electron chi connectivity index (χ2n) is 4.42. The number of anilines is 1. The molecule has 4 nitrogen and oxygen atoms in total. The third-order valence-corrected chi connectivity index (χ3v) is 2.36. The smallest absolute Gasteiger partial charge is 0.318 e. The molecule has 1 heterocycles. The standard InChI is InChI=1S/C14H16FN3O/c1-10(2)17-13-12(15)8-16-14(18-13)19-9-11-6-4-3-5-7-11/h3-8,10H,9H2,1-2H3,(H,16,17,18). The topological polar surface area (TPSA) is 47.0 Å². The summed E-state index contributed by atoms with van der Waals surface area (Å²) in [6.45, 7) is 4.17. The number of aromatic nitrogens is 2. The van der Waals surface area contributed by atoms with Crippen LogP contribution in [0.3, 0.4) is 0 Å². The Morgan fingerprint density at radius 3 is 2.68 bits per heavy atom. The lowest BCUT2D eigenvalue weighted by Gasteiger charge is -2.11. The molecular weight excluding hydrogens is 245 g/mol. The molecule has 0 unspecified atom stereocenters. The van der Waals surface area contributed by atoms with E-state index in [0.29, 0.717) is 6.61 Å². The molecule has 2 rings (SSSR count). The zero-order valence-electron chi connectivity index (χ0n) is 10.9. The number of rotatable bonds is 5. The highest BCUT2D eigenvalue weighted by Crippen LogP contribution is 2.15. The van der Waals surface area contributed by atoms with Gasteiger partial charge in [-0.15, -0.1) is 0 Å². The molecule has 19 heavy (non-hydrogen) atoms. The Labute approximate surface area is 111 Å². The molecule has 0 amide bonds. The van der Waals surface area contributed by atoms with E-state index in [1.54, 1.807) is 0 Å². The van der Waals surface area contributed by atoms with Crippen molar-refractivity contribution < 1.29 is 9.13 Å². The van der Waals surface area contributed by atoms with Gasteiger partial charge in [-0.25, -0.2) is 9.37 Å². The molecule has 0 spiro atoms. The number of benzene rings is 1. The van der Waals surface area contributed by atoms with Gasteiger partial charge in [-0.3, -0.25) is 0 Å². The third kappa shape index (κ3) is 3.91. The van der Waals surface area contributed by atoms with Crippen LogP contribution >= 0.6 is 0 Å². The largest absolute Gasteiger partial charge is 0.459 e. The first-order valence-electron chi connectivity index (χ1n) is 6.11. The van der Waals surface area contributed by atoms with Crippen molar-refractivity contribution in [1.29, 1.82) is 0 Å². The average Bonchev–Trinajstić information content (AvgIpc) is 2.40. The number of nitrogens with zero attached hydrogens (tertiary/aromatic N) is 2. The zero-order chi connectivity index (χ0) is 13.7. The molecule has 2 aromatic rings. The van der Waals surface area contributed by atoms with Gasteiger partial charge in [0.1, 0.15) is 6.61 Å². The fourth-order valence-electron chi connectivity index (χ4n) is 1.52. The Morgan fingerprint density at radius 2 is 2.00 bits per heavy atom. The van der Waals surface area contributed by atoms with Crippen molar-refractivity contribution in [3.05, 3.63) is 47.9 Å². The molecule has 0 saturated heterocycles. The highest BCUT2D eigenvalue weighted by Gasteiger charge is 2.08. The van der Waals surface area contributed by atoms with Gasteiger partial charge in [0, 0.05) is 6.04 Å². The summed E-state index contributed by atoms with van der Waals surface area (Å²) < 4.78 is 18.9. The van der Waals surface area contributed by atoms with Crippen LogP contribution in [-0.4, -0.2) is 16.0 Å². The second kappa shape index (κ2) is 6.13. The third-order valence-electron chi connectivity index (χ3n) is 2.36. The maximum atomic E-state index is 13.5. The minimum atomic E-state index is -0.485. The first kappa shape index (κ1) is 13.3. The van der Waals surface area contributed by atoms with E-state index < -0.39 is 5.82 Å². The summed E-state index contributed by atoms with van der Waals surface area (Å²) in [6.07, 6.45) is 1.11. The van der Waals surface area contributed by atoms with E-state index in [-0.39, 0.29) is 17.9 Å². The molecule has 0 bridgehead atoms. The summed E-state index contributed by atoms with van der Waals surface area (Å²) in [7, 11) is 0. The van der Waals surface area contributed by atoms with Crippen LogP contribution < -0.4 is 10.1 Å². The quantitative estimate of drug-likeness (QED) is 0.898. The number of hydrogen-bond donors (Lipinski definition) is 1. The summed E-state index contributed by atoms with van der Waals surface area (Å²) in [6, 6.07) is 9.92. The van der Waals surface area contributed by atoms with Crippen molar-refractivity contribution in [2.75, 3.05) is 5.32 Å². The predicted octanol–water partition coefficient (Wildman–Crippen LogP) is 3.02. The molecule has 0 aliphatic rings. The van der Waals surface area contributed by atoms with Crippen LogP contribution in [0.1, 0.15) is 19.4 Å². The molecule has 0 aliphatic carbocycles. The van der Waals surface area contributed by atoms with Crippen LogP contribution in [0, 0.1) is 5.82 Å². The maximum absolute atomic E-state index is 13.5. The van der Waals surface area contributed by atoms with Gasteiger partial charge in [0.05, 0.1) is 6.20 Å². The van der Waals surface area contributed by atoms with Crippen molar-refractivity contribution in [2.45, 2.75) is 26.5 Å². The van der Waals surface area contributed by atoms with E-state index in [9.17, 15) is 4.39 Å². The van der Waals surface area contributed by atoms with Gasteiger partial charge < -0.3 is 10.1 Å². The Bertz CT molecular complexity index is 531. The predicted molar refractivity (Wildman–Crippen MR) is 71.5 cm³/mol. The Balaban J connectivity index is 2.04. The Hall–Kier alpha value is -2.17. The van der Waals surface area contributed by atoms with E-state index in [0.717, 1.165) is 11.8 Å². The summed E-state index contributed by atoms with van der Waals surface area (Å²) in [4.78, 5) is 7.82. The molecule has 0 radical (unpaired) electrons. The van der Waals surface area contributed by atoms with Crippen LogP contribution in [0.5, 0.6) is 6.01 Å². The Kier molecular flexibility index (Phi) is 4.28. The summed E-state index contributed by atoms with van der Waals surface area (Å²) in [5.74, 6) is -0.325. The van der Waals surface area contributed by atoms with Crippen LogP contribution in [0.25, 0.3) is 0 Å². The molecule has 100 valence electrons. The molecular formula is C14H16FN3O. The van der Waals surface area contributed by atoms with Crippen molar-refractivity contribution in [1.82, 2.24) is 9.97 Å².